The van der Waals surface area contributed by atoms with Crippen molar-refractivity contribution >= 4 is 0 Å². The molecule has 2 heterocycles. The van der Waals surface area contributed by atoms with E-state index >= 15 is 0 Å². The first kappa shape index (κ1) is 17.4. The van der Waals surface area contributed by atoms with Crippen LogP contribution in [0.4, 0.5) is 0 Å². The quantitative estimate of drug-likeness (QED) is 0.836. The van der Waals surface area contributed by atoms with Crippen LogP contribution < -0.4 is 0 Å². The van der Waals surface area contributed by atoms with E-state index in [9.17, 15) is 0 Å². The topological polar surface area (TPSA) is 37.2 Å². The van der Waals surface area contributed by atoms with Crippen LogP contribution in [-0.2, 0) is 12.0 Å². The number of nitrogens with zero attached hydrogens (tertiary/aromatic N) is 5. The van der Waals surface area contributed by atoms with Crippen LogP contribution in [0.15, 0.2) is 6.20 Å². The predicted octanol–water partition coefficient (Wildman–Crippen LogP) is 2.24. The van der Waals surface area contributed by atoms with Gasteiger partial charge in [-0.25, -0.2) is 0 Å². The summed E-state index contributed by atoms with van der Waals surface area (Å²) in [7, 11) is 2.19. The van der Waals surface area contributed by atoms with E-state index in [1.165, 1.54) is 13.1 Å². The third-order valence-corrected chi connectivity index (χ3v) is 4.45. The van der Waals surface area contributed by atoms with Crippen molar-refractivity contribution in [1.29, 1.82) is 0 Å². The van der Waals surface area contributed by atoms with Gasteiger partial charge in [0.1, 0.15) is 0 Å². The highest BCUT2D eigenvalue weighted by Gasteiger charge is 2.29. The lowest BCUT2D eigenvalue weighted by Crippen LogP contribution is -2.45. The van der Waals surface area contributed by atoms with E-state index in [0.717, 1.165) is 38.3 Å². The van der Waals surface area contributed by atoms with Crippen molar-refractivity contribution in [3.63, 3.8) is 0 Å². The summed E-state index contributed by atoms with van der Waals surface area (Å²) in [4.78, 5) is 4.90. The summed E-state index contributed by atoms with van der Waals surface area (Å²) < 4.78 is 2.01. The molecule has 22 heavy (non-hydrogen) atoms. The van der Waals surface area contributed by atoms with E-state index in [2.05, 4.69) is 68.0 Å². The van der Waals surface area contributed by atoms with Crippen molar-refractivity contribution in [1.82, 2.24) is 24.8 Å². The van der Waals surface area contributed by atoms with E-state index in [-0.39, 0.29) is 5.41 Å². The fourth-order valence-corrected chi connectivity index (χ4v) is 3.45. The minimum absolute atomic E-state index is 0.0737. The van der Waals surface area contributed by atoms with Crippen molar-refractivity contribution in [2.24, 2.45) is 5.41 Å². The Morgan fingerprint density at radius 1 is 1.00 bits per heavy atom. The van der Waals surface area contributed by atoms with Gasteiger partial charge < -0.3 is 4.90 Å². The molecule has 0 spiro atoms. The summed E-state index contributed by atoms with van der Waals surface area (Å²) in [6, 6.07) is 0. The molecule has 1 fully saturated rings. The first-order chi connectivity index (χ1) is 10.2. The second kappa shape index (κ2) is 6.67. The molecule has 1 aliphatic rings. The number of likely N-dealkylation sites (N-methyl/N-ethyl adjacent to an activating group) is 1. The molecule has 0 unspecified atom stereocenters. The number of hydrogen-bond donors (Lipinski definition) is 0. The Balaban J connectivity index is 1.88. The number of piperazine rings is 1. The second-order valence-corrected chi connectivity index (χ2v) is 8.63. The minimum atomic E-state index is 0.0737. The Hall–Kier alpha value is -0.940. The predicted molar refractivity (Wildman–Crippen MR) is 91.1 cm³/mol. The van der Waals surface area contributed by atoms with Crippen molar-refractivity contribution < 1.29 is 0 Å². The first-order valence-electron chi connectivity index (χ1n) is 8.47. The van der Waals surface area contributed by atoms with Gasteiger partial charge in [0.2, 0.25) is 0 Å². The van der Waals surface area contributed by atoms with E-state index < -0.39 is 0 Å². The molecule has 0 atom stereocenters. The maximum atomic E-state index is 4.43. The van der Waals surface area contributed by atoms with Crippen molar-refractivity contribution in [2.75, 3.05) is 39.8 Å². The maximum Gasteiger partial charge on any atom is 0.0883 e. The van der Waals surface area contributed by atoms with E-state index in [1.54, 1.807) is 0 Å². The average Bonchev–Trinajstić information content (AvgIpc) is 2.85. The summed E-state index contributed by atoms with van der Waals surface area (Å²) in [6.45, 7) is 18.0. The average molecular weight is 307 g/mol. The first-order valence-corrected chi connectivity index (χ1v) is 8.47. The van der Waals surface area contributed by atoms with Gasteiger partial charge in [0.05, 0.1) is 12.2 Å². The Bertz CT molecular complexity index is 464. The van der Waals surface area contributed by atoms with Gasteiger partial charge in [0, 0.05) is 44.3 Å². The standard InChI is InChI=1S/C17H33N5/c1-16(2,3)14-17(4,5)15-13-22(19-18-15)12-11-21-9-7-20(6)8-10-21/h13H,7-12,14H2,1-6H3. The molecule has 1 aromatic rings. The summed E-state index contributed by atoms with van der Waals surface area (Å²) in [5, 5.41) is 8.78. The van der Waals surface area contributed by atoms with Crippen molar-refractivity contribution in [3.8, 4) is 0 Å². The molecular formula is C17H33N5. The lowest BCUT2D eigenvalue weighted by molar-refractivity contribution is 0.148. The second-order valence-electron chi connectivity index (χ2n) is 8.63. The van der Waals surface area contributed by atoms with Crippen molar-refractivity contribution in [2.45, 2.75) is 53.0 Å². The minimum Gasteiger partial charge on any atom is -0.304 e. The molecule has 0 N–H and O–H groups in total. The van der Waals surface area contributed by atoms with E-state index in [1.807, 2.05) is 4.68 Å². The van der Waals surface area contributed by atoms with Gasteiger partial charge in [0.15, 0.2) is 0 Å². The lowest BCUT2D eigenvalue weighted by Gasteiger charge is -2.32. The molecule has 1 saturated heterocycles. The van der Waals surface area contributed by atoms with Crippen LogP contribution in [0.3, 0.4) is 0 Å². The molecule has 126 valence electrons. The van der Waals surface area contributed by atoms with Gasteiger partial charge in [-0.3, -0.25) is 9.58 Å². The van der Waals surface area contributed by atoms with Crippen LogP contribution in [0.2, 0.25) is 0 Å². The van der Waals surface area contributed by atoms with Crippen molar-refractivity contribution in [3.05, 3.63) is 11.9 Å². The van der Waals surface area contributed by atoms with Crippen LogP contribution in [0, 0.1) is 5.41 Å². The monoisotopic (exact) mass is 307 g/mol. The zero-order valence-electron chi connectivity index (χ0n) is 15.3. The molecule has 5 nitrogen and oxygen atoms in total. The normalized spacial score (nSPS) is 18.8. The Kier molecular flexibility index (Phi) is 5.28. The molecule has 5 heteroatoms. The molecule has 0 radical (unpaired) electrons. The number of rotatable bonds is 5. The summed E-state index contributed by atoms with van der Waals surface area (Å²) >= 11 is 0. The zero-order chi connectivity index (χ0) is 16.4. The molecule has 0 bridgehead atoms. The van der Waals surface area contributed by atoms with Crippen LogP contribution in [0.5, 0.6) is 0 Å². The summed E-state index contributed by atoms with van der Waals surface area (Å²) in [6.07, 6.45) is 3.25. The molecule has 0 amide bonds. The zero-order valence-corrected chi connectivity index (χ0v) is 15.3. The van der Waals surface area contributed by atoms with Gasteiger partial charge in [-0.15, -0.1) is 5.10 Å². The third kappa shape index (κ3) is 5.06. The number of aromatic nitrogens is 3. The van der Waals surface area contributed by atoms with Gasteiger partial charge in [-0.1, -0.05) is 39.8 Å². The largest absolute Gasteiger partial charge is 0.304 e. The Morgan fingerprint density at radius 2 is 1.64 bits per heavy atom. The maximum absolute atomic E-state index is 4.43. The number of hydrogen-bond acceptors (Lipinski definition) is 4. The fraction of sp³-hybridized carbons (Fsp3) is 0.882. The molecule has 2 rings (SSSR count). The summed E-state index contributed by atoms with van der Waals surface area (Å²) in [5.74, 6) is 0. The Labute approximate surface area is 135 Å². The molecule has 1 aliphatic heterocycles. The van der Waals surface area contributed by atoms with Crippen LogP contribution in [-0.4, -0.2) is 64.6 Å². The summed E-state index contributed by atoms with van der Waals surface area (Å²) in [5.41, 5.74) is 1.48. The fourth-order valence-electron chi connectivity index (χ4n) is 3.45. The Morgan fingerprint density at radius 3 is 2.23 bits per heavy atom. The van der Waals surface area contributed by atoms with Gasteiger partial charge in [-0.2, -0.15) is 0 Å². The third-order valence-electron chi connectivity index (χ3n) is 4.45. The highest BCUT2D eigenvalue weighted by atomic mass is 15.4. The highest BCUT2D eigenvalue weighted by Crippen LogP contribution is 2.34. The van der Waals surface area contributed by atoms with Gasteiger partial charge >= 0.3 is 0 Å². The van der Waals surface area contributed by atoms with Gasteiger partial charge in [0.25, 0.3) is 0 Å². The van der Waals surface area contributed by atoms with Crippen LogP contribution in [0.1, 0.15) is 46.7 Å². The van der Waals surface area contributed by atoms with E-state index in [0.29, 0.717) is 5.41 Å². The highest BCUT2D eigenvalue weighted by molar-refractivity contribution is 5.09. The molecule has 0 aromatic carbocycles. The molecule has 0 aliphatic carbocycles. The molecular weight excluding hydrogens is 274 g/mol. The van der Waals surface area contributed by atoms with E-state index in [4.69, 9.17) is 0 Å². The molecule has 1 aromatic heterocycles. The van der Waals surface area contributed by atoms with Crippen LogP contribution >= 0.6 is 0 Å². The lowest BCUT2D eigenvalue weighted by atomic mass is 9.75. The van der Waals surface area contributed by atoms with Gasteiger partial charge in [-0.05, 0) is 18.9 Å². The smallest absolute Gasteiger partial charge is 0.0883 e. The SMILES string of the molecule is CN1CCN(CCn2cc(C(C)(C)CC(C)(C)C)nn2)CC1. The van der Waals surface area contributed by atoms with Crippen LogP contribution in [0.25, 0.3) is 0 Å². The molecule has 0 saturated carbocycles.